The second-order valence-corrected chi connectivity index (χ2v) is 10.3. The van der Waals surface area contributed by atoms with Crippen molar-refractivity contribution in [3.8, 4) is 23.0 Å². The zero-order valence-electron chi connectivity index (χ0n) is 24.1. The molecule has 1 heterocycles. The van der Waals surface area contributed by atoms with E-state index in [1.807, 2.05) is 13.8 Å². The monoisotopic (exact) mass is 576 g/mol. The Kier molecular flexibility index (Phi) is 10.6. The Morgan fingerprint density at radius 2 is 1.19 bits per heavy atom. The molecule has 1 atom stereocenters. The minimum atomic E-state index is -0.550. The van der Waals surface area contributed by atoms with E-state index >= 15 is 0 Å². The van der Waals surface area contributed by atoms with Gasteiger partial charge < -0.3 is 28.4 Å². The van der Waals surface area contributed by atoms with Gasteiger partial charge in [0.1, 0.15) is 36.2 Å². The summed E-state index contributed by atoms with van der Waals surface area (Å²) in [6, 6.07) is 19.4. The maximum Gasteiger partial charge on any atom is 0.343 e. The number of carbonyl (C=O) groups is 3. The van der Waals surface area contributed by atoms with Crippen LogP contribution in [-0.4, -0.2) is 50.9 Å². The highest BCUT2D eigenvalue weighted by atomic mass is 16.6. The van der Waals surface area contributed by atoms with E-state index in [4.69, 9.17) is 28.4 Å². The molecule has 0 saturated carbocycles. The van der Waals surface area contributed by atoms with Crippen LogP contribution in [0.15, 0.2) is 72.8 Å². The fourth-order valence-electron chi connectivity index (χ4n) is 3.91. The molecule has 9 heteroatoms. The summed E-state index contributed by atoms with van der Waals surface area (Å²) in [4.78, 5) is 36.8. The number of carbonyl (C=O) groups excluding carboxylic acids is 3. The van der Waals surface area contributed by atoms with E-state index in [1.165, 1.54) is 0 Å². The van der Waals surface area contributed by atoms with Gasteiger partial charge >= 0.3 is 17.9 Å². The summed E-state index contributed by atoms with van der Waals surface area (Å²) in [6.07, 6.45) is 1.70. The number of ether oxygens (including phenoxy) is 6. The van der Waals surface area contributed by atoms with Gasteiger partial charge in [0, 0.05) is 0 Å². The Morgan fingerprint density at radius 3 is 1.62 bits per heavy atom. The lowest BCUT2D eigenvalue weighted by Gasteiger charge is -2.40. The molecule has 1 unspecified atom stereocenters. The number of esters is 3. The third kappa shape index (κ3) is 8.33. The van der Waals surface area contributed by atoms with E-state index in [1.54, 1.807) is 72.8 Å². The number of hydrogen-bond acceptors (Lipinski definition) is 9. The van der Waals surface area contributed by atoms with Crippen LogP contribution in [0.4, 0.5) is 0 Å². The molecule has 0 N–H and O–H groups in total. The smallest absolute Gasteiger partial charge is 0.343 e. The summed E-state index contributed by atoms with van der Waals surface area (Å²) >= 11 is 0. The molecule has 3 aromatic carbocycles. The summed E-state index contributed by atoms with van der Waals surface area (Å²) in [5.41, 5.74) is 0.790. The van der Waals surface area contributed by atoms with Crippen LogP contribution < -0.4 is 18.9 Å². The maximum atomic E-state index is 12.6. The standard InChI is InChI=1S/C33H36O9/c1-4-23(3)30(34)39-19-18-38-26-10-6-24(7-11-26)31(35)41-28-14-16-29(17-15-28)42-32(36)25-8-12-27(13-9-25)40-22-33(5-2)20-37-21-33/h6-17,23H,4-5,18-22H2,1-3H3. The quantitative estimate of drug-likeness (QED) is 0.132. The van der Waals surface area contributed by atoms with E-state index in [9.17, 15) is 14.4 Å². The first-order valence-corrected chi connectivity index (χ1v) is 14.1. The summed E-state index contributed by atoms with van der Waals surface area (Å²) in [5.74, 6) is 0.370. The average molecular weight is 577 g/mol. The second-order valence-electron chi connectivity index (χ2n) is 10.3. The normalized spacial score (nSPS) is 14.2. The van der Waals surface area contributed by atoms with Gasteiger partial charge in [0.05, 0.1) is 42.3 Å². The Labute approximate surface area is 245 Å². The summed E-state index contributed by atoms with van der Waals surface area (Å²) in [6.45, 7) is 8.20. The zero-order chi connectivity index (χ0) is 30.0. The molecule has 1 fully saturated rings. The van der Waals surface area contributed by atoms with Gasteiger partial charge in [0.2, 0.25) is 0 Å². The number of benzene rings is 3. The molecule has 0 aromatic heterocycles. The predicted octanol–water partition coefficient (Wildman–Crippen LogP) is 5.90. The molecule has 9 nitrogen and oxygen atoms in total. The first-order chi connectivity index (χ1) is 20.3. The van der Waals surface area contributed by atoms with Crippen LogP contribution in [0.25, 0.3) is 0 Å². The Bertz CT molecular complexity index is 1320. The molecule has 1 saturated heterocycles. The maximum absolute atomic E-state index is 12.6. The van der Waals surface area contributed by atoms with Gasteiger partial charge in [-0.3, -0.25) is 4.79 Å². The van der Waals surface area contributed by atoms with E-state index < -0.39 is 11.9 Å². The van der Waals surface area contributed by atoms with Crippen molar-refractivity contribution < 1.29 is 42.8 Å². The van der Waals surface area contributed by atoms with E-state index in [-0.39, 0.29) is 30.5 Å². The van der Waals surface area contributed by atoms with Crippen LogP contribution >= 0.6 is 0 Å². The van der Waals surface area contributed by atoms with E-state index in [0.717, 1.165) is 12.8 Å². The van der Waals surface area contributed by atoms with Gasteiger partial charge in [-0.25, -0.2) is 9.59 Å². The van der Waals surface area contributed by atoms with Gasteiger partial charge in [-0.15, -0.1) is 0 Å². The third-order valence-electron chi connectivity index (χ3n) is 7.15. The molecule has 0 amide bonds. The van der Waals surface area contributed by atoms with Crippen LogP contribution in [0.5, 0.6) is 23.0 Å². The van der Waals surface area contributed by atoms with Crippen molar-refractivity contribution in [2.75, 3.05) is 33.0 Å². The molecule has 0 spiro atoms. The lowest BCUT2D eigenvalue weighted by Crippen LogP contribution is -2.46. The molecule has 42 heavy (non-hydrogen) atoms. The molecule has 222 valence electrons. The van der Waals surface area contributed by atoms with Crippen molar-refractivity contribution in [1.82, 2.24) is 0 Å². The molecular formula is C33H36O9. The third-order valence-corrected chi connectivity index (χ3v) is 7.15. The van der Waals surface area contributed by atoms with Crippen LogP contribution in [0.1, 0.15) is 54.3 Å². The predicted molar refractivity (Wildman–Crippen MR) is 154 cm³/mol. The lowest BCUT2D eigenvalue weighted by atomic mass is 9.84. The van der Waals surface area contributed by atoms with Crippen molar-refractivity contribution in [3.63, 3.8) is 0 Å². The van der Waals surface area contributed by atoms with Crippen molar-refractivity contribution in [1.29, 1.82) is 0 Å². The lowest BCUT2D eigenvalue weighted by molar-refractivity contribution is -0.148. The topological polar surface area (TPSA) is 107 Å². The van der Waals surface area contributed by atoms with Crippen LogP contribution in [0, 0.1) is 11.3 Å². The van der Waals surface area contributed by atoms with Crippen molar-refractivity contribution in [3.05, 3.63) is 83.9 Å². The highest BCUT2D eigenvalue weighted by molar-refractivity contribution is 5.92. The molecule has 0 aliphatic carbocycles. The Balaban J connectivity index is 1.20. The van der Waals surface area contributed by atoms with Gasteiger partial charge in [0.25, 0.3) is 0 Å². The molecule has 0 radical (unpaired) electrons. The first-order valence-electron chi connectivity index (χ1n) is 14.1. The molecular weight excluding hydrogens is 540 g/mol. The number of rotatable bonds is 14. The summed E-state index contributed by atoms with van der Waals surface area (Å²) < 4.78 is 32.8. The van der Waals surface area contributed by atoms with Crippen molar-refractivity contribution >= 4 is 17.9 Å². The fourth-order valence-corrected chi connectivity index (χ4v) is 3.91. The molecule has 1 aliphatic heterocycles. The summed E-state index contributed by atoms with van der Waals surface area (Å²) in [5, 5.41) is 0. The van der Waals surface area contributed by atoms with Gasteiger partial charge in [0.15, 0.2) is 0 Å². The van der Waals surface area contributed by atoms with Crippen LogP contribution in [-0.2, 0) is 14.3 Å². The van der Waals surface area contributed by atoms with Gasteiger partial charge in [-0.2, -0.15) is 0 Å². The zero-order valence-corrected chi connectivity index (χ0v) is 24.1. The van der Waals surface area contributed by atoms with Gasteiger partial charge in [-0.1, -0.05) is 20.8 Å². The van der Waals surface area contributed by atoms with Crippen LogP contribution in [0.3, 0.4) is 0 Å². The van der Waals surface area contributed by atoms with E-state index in [0.29, 0.717) is 53.9 Å². The molecule has 3 aromatic rings. The molecule has 0 bridgehead atoms. The van der Waals surface area contributed by atoms with E-state index in [2.05, 4.69) is 6.92 Å². The molecule has 1 aliphatic rings. The van der Waals surface area contributed by atoms with Crippen LogP contribution in [0.2, 0.25) is 0 Å². The van der Waals surface area contributed by atoms with Crippen molar-refractivity contribution in [2.24, 2.45) is 11.3 Å². The summed E-state index contributed by atoms with van der Waals surface area (Å²) in [7, 11) is 0. The molecule has 4 rings (SSSR count). The highest BCUT2D eigenvalue weighted by Crippen LogP contribution is 2.32. The largest absolute Gasteiger partial charge is 0.493 e. The average Bonchev–Trinajstić information content (AvgIpc) is 3.00. The first kappa shape index (κ1) is 30.6. The highest BCUT2D eigenvalue weighted by Gasteiger charge is 2.37. The minimum absolute atomic E-state index is 0.0738. The van der Waals surface area contributed by atoms with Gasteiger partial charge in [-0.05, 0) is 85.6 Å². The van der Waals surface area contributed by atoms with Crippen molar-refractivity contribution in [2.45, 2.75) is 33.6 Å². The SMILES string of the molecule is CCC(C)C(=O)OCCOc1ccc(C(=O)Oc2ccc(OC(=O)c3ccc(OCC4(CC)COC4)cc3)cc2)cc1. The number of hydrogen-bond donors (Lipinski definition) is 0. The Hall–Kier alpha value is -4.37. The Morgan fingerprint density at radius 1 is 0.714 bits per heavy atom. The minimum Gasteiger partial charge on any atom is -0.493 e. The fraction of sp³-hybridized carbons (Fsp3) is 0.364. The second kappa shape index (κ2) is 14.5.